The third-order valence-electron chi connectivity index (χ3n) is 1.43. The highest BCUT2D eigenvalue weighted by Crippen LogP contribution is 2.32. The van der Waals surface area contributed by atoms with Crippen LogP contribution in [0.1, 0.15) is 5.56 Å². The van der Waals surface area contributed by atoms with Gasteiger partial charge in [0.2, 0.25) is 0 Å². The molecule has 0 amide bonds. The average Bonchev–Trinajstić information content (AvgIpc) is 2.02. The highest BCUT2D eigenvalue weighted by Gasteiger charge is 2.18. The first kappa shape index (κ1) is 11.8. The number of rotatable bonds is 1. The van der Waals surface area contributed by atoms with Crippen molar-refractivity contribution in [2.45, 2.75) is 4.90 Å². The molecule has 0 aromatic heterocycles. The van der Waals surface area contributed by atoms with Crippen LogP contribution in [0, 0.1) is 11.3 Å². The van der Waals surface area contributed by atoms with Crippen LogP contribution in [0.2, 0.25) is 5.02 Å². The SMILES string of the molecule is N#Cc1c(Br)ccc(S(=O)(=O)Cl)c1Cl. The monoisotopic (exact) mass is 313 g/mol. The molecule has 0 unspecified atom stereocenters. The maximum Gasteiger partial charge on any atom is 0.262 e. The van der Waals surface area contributed by atoms with Gasteiger partial charge in [-0.25, -0.2) is 8.42 Å². The summed E-state index contributed by atoms with van der Waals surface area (Å²) >= 11 is 8.75. The third kappa shape index (κ3) is 2.20. The number of hydrogen-bond donors (Lipinski definition) is 0. The number of halogens is 3. The summed E-state index contributed by atoms with van der Waals surface area (Å²) < 4.78 is 22.4. The number of hydrogen-bond acceptors (Lipinski definition) is 3. The molecule has 74 valence electrons. The Balaban J connectivity index is 3.62. The lowest BCUT2D eigenvalue weighted by atomic mass is 10.2. The van der Waals surface area contributed by atoms with Crippen molar-refractivity contribution in [2.24, 2.45) is 0 Å². The van der Waals surface area contributed by atoms with Gasteiger partial charge in [-0.15, -0.1) is 0 Å². The summed E-state index contributed by atoms with van der Waals surface area (Å²) in [6, 6.07) is 4.41. The van der Waals surface area contributed by atoms with Crippen LogP contribution in [0.3, 0.4) is 0 Å². The van der Waals surface area contributed by atoms with Crippen LogP contribution in [0.15, 0.2) is 21.5 Å². The normalized spacial score (nSPS) is 11.0. The largest absolute Gasteiger partial charge is 0.262 e. The third-order valence-corrected chi connectivity index (χ3v) is 3.96. The van der Waals surface area contributed by atoms with Gasteiger partial charge in [-0.2, -0.15) is 5.26 Å². The van der Waals surface area contributed by atoms with Crippen molar-refractivity contribution in [1.29, 1.82) is 5.26 Å². The molecule has 0 bridgehead atoms. The molecule has 7 heteroatoms. The zero-order valence-corrected chi connectivity index (χ0v) is 10.4. The van der Waals surface area contributed by atoms with E-state index in [1.54, 1.807) is 6.07 Å². The molecule has 0 radical (unpaired) electrons. The average molecular weight is 315 g/mol. The topological polar surface area (TPSA) is 57.9 Å². The smallest absolute Gasteiger partial charge is 0.207 e. The van der Waals surface area contributed by atoms with E-state index in [-0.39, 0.29) is 15.5 Å². The van der Waals surface area contributed by atoms with Gasteiger partial charge in [-0.1, -0.05) is 11.6 Å². The molecule has 1 aromatic carbocycles. The lowest BCUT2D eigenvalue weighted by Crippen LogP contribution is -1.94. The first-order valence-corrected chi connectivity index (χ1v) is 6.68. The minimum absolute atomic E-state index is 0.0494. The molecule has 0 fully saturated rings. The van der Waals surface area contributed by atoms with E-state index < -0.39 is 9.05 Å². The summed E-state index contributed by atoms with van der Waals surface area (Å²) in [5, 5.41) is 8.52. The highest BCUT2D eigenvalue weighted by atomic mass is 79.9. The fraction of sp³-hybridized carbons (Fsp3) is 0. The van der Waals surface area contributed by atoms with E-state index >= 15 is 0 Å². The van der Waals surface area contributed by atoms with Gasteiger partial charge in [0, 0.05) is 15.2 Å². The second-order valence-electron chi connectivity index (χ2n) is 2.28. The van der Waals surface area contributed by atoms with Crippen molar-refractivity contribution in [3.63, 3.8) is 0 Å². The Bertz CT molecular complexity index is 521. The van der Waals surface area contributed by atoms with Gasteiger partial charge in [0.05, 0.1) is 10.6 Å². The van der Waals surface area contributed by atoms with E-state index in [9.17, 15) is 8.42 Å². The molecular formula is C7H2BrCl2NO2S. The lowest BCUT2D eigenvalue weighted by Gasteiger charge is -2.02. The standard InChI is InChI=1S/C7H2BrCl2NO2S/c8-5-1-2-6(14(10,12)13)7(9)4(5)3-11/h1-2H. The quantitative estimate of drug-likeness (QED) is 0.749. The van der Waals surface area contributed by atoms with Gasteiger partial charge in [-0.3, -0.25) is 0 Å². The Morgan fingerprint density at radius 2 is 2.00 bits per heavy atom. The van der Waals surface area contributed by atoms with Gasteiger partial charge in [0.1, 0.15) is 11.0 Å². The van der Waals surface area contributed by atoms with Crippen LogP contribution in [-0.4, -0.2) is 8.42 Å². The molecule has 0 saturated heterocycles. The summed E-state index contributed by atoms with van der Waals surface area (Å²) in [6.07, 6.45) is 0. The van der Waals surface area contributed by atoms with Crippen molar-refractivity contribution in [3.8, 4) is 6.07 Å². The Morgan fingerprint density at radius 3 is 2.43 bits per heavy atom. The van der Waals surface area contributed by atoms with Crippen LogP contribution >= 0.6 is 38.2 Å². The van der Waals surface area contributed by atoms with E-state index in [4.69, 9.17) is 27.5 Å². The zero-order chi connectivity index (χ0) is 10.9. The fourth-order valence-corrected chi connectivity index (χ4v) is 2.92. The summed E-state index contributed by atoms with van der Waals surface area (Å²) in [5.41, 5.74) is 0.0494. The van der Waals surface area contributed by atoms with Crippen molar-refractivity contribution < 1.29 is 8.42 Å². The predicted molar refractivity (Wildman–Crippen MR) is 56.9 cm³/mol. The number of benzene rings is 1. The summed E-state index contributed by atoms with van der Waals surface area (Å²) in [5.74, 6) is 0. The van der Waals surface area contributed by atoms with Crippen molar-refractivity contribution in [2.75, 3.05) is 0 Å². The van der Waals surface area contributed by atoms with Crippen LogP contribution < -0.4 is 0 Å². The molecule has 0 aliphatic heterocycles. The molecule has 0 aliphatic rings. The molecule has 0 saturated carbocycles. The van der Waals surface area contributed by atoms with E-state index in [1.807, 2.05) is 0 Å². The van der Waals surface area contributed by atoms with Gasteiger partial charge in [0.25, 0.3) is 9.05 Å². The van der Waals surface area contributed by atoms with Crippen molar-refractivity contribution >= 4 is 47.3 Å². The second-order valence-corrected chi connectivity index (χ2v) is 6.05. The van der Waals surface area contributed by atoms with Gasteiger partial charge in [0.15, 0.2) is 0 Å². The molecule has 3 nitrogen and oxygen atoms in total. The summed E-state index contributed by atoms with van der Waals surface area (Å²) in [4.78, 5) is -0.263. The molecule has 0 aliphatic carbocycles. The zero-order valence-electron chi connectivity index (χ0n) is 6.46. The Hall–Kier alpha value is -0.280. The van der Waals surface area contributed by atoms with E-state index in [1.165, 1.54) is 12.1 Å². The van der Waals surface area contributed by atoms with Gasteiger partial charge < -0.3 is 0 Å². The number of nitrogens with zero attached hydrogens (tertiary/aromatic N) is 1. The molecule has 0 heterocycles. The molecule has 14 heavy (non-hydrogen) atoms. The molecular weight excluding hydrogens is 313 g/mol. The van der Waals surface area contributed by atoms with Crippen LogP contribution in [0.4, 0.5) is 0 Å². The minimum atomic E-state index is -3.91. The Labute approximate surface area is 98.8 Å². The highest BCUT2D eigenvalue weighted by molar-refractivity contribution is 9.10. The van der Waals surface area contributed by atoms with E-state index in [2.05, 4.69) is 15.9 Å². The maximum atomic E-state index is 11.0. The van der Waals surface area contributed by atoms with Gasteiger partial charge >= 0.3 is 0 Å². The molecule has 0 atom stereocenters. The van der Waals surface area contributed by atoms with E-state index in [0.29, 0.717) is 4.47 Å². The molecule has 0 N–H and O–H groups in total. The van der Waals surface area contributed by atoms with Crippen LogP contribution in [0.5, 0.6) is 0 Å². The maximum absolute atomic E-state index is 11.0. The molecule has 1 rings (SSSR count). The second kappa shape index (κ2) is 4.07. The summed E-state index contributed by atoms with van der Waals surface area (Å²) in [7, 11) is 1.19. The van der Waals surface area contributed by atoms with Crippen LogP contribution in [0.25, 0.3) is 0 Å². The number of nitriles is 1. The van der Waals surface area contributed by atoms with Crippen LogP contribution in [-0.2, 0) is 9.05 Å². The summed E-state index contributed by atoms with van der Waals surface area (Å²) in [6.45, 7) is 0. The van der Waals surface area contributed by atoms with Gasteiger partial charge in [-0.05, 0) is 28.1 Å². The van der Waals surface area contributed by atoms with Crippen molar-refractivity contribution in [3.05, 3.63) is 27.2 Å². The predicted octanol–water partition coefficient (Wildman–Crippen LogP) is 2.90. The van der Waals surface area contributed by atoms with E-state index in [0.717, 1.165) is 0 Å². The fourth-order valence-electron chi connectivity index (χ4n) is 0.824. The Kier molecular flexibility index (Phi) is 3.43. The lowest BCUT2D eigenvalue weighted by molar-refractivity contribution is 0.609. The van der Waals surface area contributed by atoms with Crippen molar-refractivity contribution in [1.82, 2.24) is 0 Å². The Morgan fingerprint density at radius 1 is 1.43 bits per heavy atom. The minimum Gasteiger partial charge on any atom is -0.207 e. The molecule has 0 spiro atoms. The molecule has 1 aromatic rings. The first-order valence-electron chi connectivity index (χ1n) is 3.20. The first-order chi connectivity index (χ1) is 6.38.